The molecule has 0 aliphatic heterocycles. The van der Waals surface area contributed by atoms with Crippen LogP contribution >= 0.6 is 0 Å². The third-order valence-corrected chi connectivity index (χ3v) is 7.57. The molecule has 0 N–H and O–H groups in total. The summed E-state index contributed by atoms with van der Waals surface area (Å²) >= 11 is 0. The third-order valence-electron chi connectivity index (χ3n) is 7.57. The lowest BCUT2D eigenvalue weighted by Crippen LogP contribution is -1.97. The fourth-order valence-electron chi connectivity index (χ4n) is 5.60. The summed E-state index contributed by atoms with van der Waals surface area (Å²) in [5.74, 6) is -0.141. The van der Waals surface area contributed by atoms with Crippen molar-refractivity contribution in [2.45, 2.75) is 0 Å². The van der Waals surface area contributed by atoms with Crippen molar-refractivity contribution in [1.29, 1.82) is 0 Å². The Hall–Kier alpha value is -6.00. The predicted octanol–water partition coefficient (Wildman–Crippen LogP) is 10.5. The second kappa shape index (κ2) is 9.79. The van der Waals surface area contributed by atoms with Crippen molar-refractivity contribution in [2.24, 2.45) is 0 Å². The quantitative estimate of drug-likeness (QED) is 0.210. The molecule has 206 valence electrons. The maximum absolute atomic E-state index is 9.74. The minimum absolute atomic E-state index is 0.141. The summed E-state index contributed by atoms with van der Waals surface area (Å²) in [5, 5.41) is 1.25. The zero-order valence-electron chi connectivity index (χ0n) is 34.8. The fraction of sp³-hybridized carbons (Fsp3) is 0. The lowest BCUT2D eigenvalue weighted by atomic mass is 10.0. The van der Waals surface area contributed by atoms with Crippen LogP contribution in [0.1, 0.15) is 16.4 Å². The van der Waals surface area contributed by atoms with Gasteiger partial charge in [0.25, 0.3) is 0 Å². The number of hydrogen-bond donors (Lipinski definition) is 0. The summed E-state index contributed by atoms with van der Waals surface area (Å²) in [6, 6.07) is 16.5. The summed E-state index contributed by atoms with van der Waals surface area (Å²) in [6.07, 6.45) is 0. The number of furan rings is 1. The maximum atomic E-state index is 9.74. The molecule has 44 heavy (non-hydrogen) atoms. The monoisotopic (exact) mass is 575 g/mol. The molecule has 0 fully saturated rings. The molecule has 3 heterocycles. The molecule has 0 aliphatic carbocycles. The van der Waals surface area contributed by atoms with Crippen LogP contribution in [0.25, 0.3) is 83.3 Å². The van der Waals surface area contributed by atoms with E-state index in [4.69, 9.17) is 26.7 Å². The van der Waals surface area contributed by atoms with E-state index in [1.807, 2.05) is 72.8 Å². The van der Waals surface area contributed by atoms with Gasteiger partial charge in [0.1, 0.15) is 11.2 Å². The molecule has 0 saturated heterocycles. The largest absolute Gasteiger partial charge is 0.455 e. The van der Waals surface area contributed by atoms with Gasteiger partial charge in [-0.05, 0) is 42.4 Å². The summed E-state index contributed by atoms with van der Waals surface area (Å²) in [6.45, 7) is 0. The Balaban J connectivity index is 1.45. The highest BCUT2D eigenvalue weighted by atomic mass is 16.3. The van der Waals surface area contributed by atoms with E-state index in [0.717, 1.165) is 15.3 Å². The van der Waals surface area contributed by atoms with E-state index >= 15 is 0 Å². The van der Waals surface area contributed by atoms with Crippen LogP contribution in [0.4, 0.5) is 0 Å². The van der Waals surface area contributed by atoms with Crippen LogP contribution < -0.4 is 0 Å². The zero-order chi connectivity index (χ0) is 39.5. The first-order valence-electron chi connectivity index (χ1n) is 19.8. The normalized spacial score (nSPS) is 15.5. The van der Waals surface area contributed by atoms with Crippen LogP contribution in [-0.2, 0) is 0 Å². The molecule has 0 aliphatic rings. The van der Waals surface area contributed by atoms with Gasteiger partial charge >= 0.3 is 0 Å². The molecule has 0 amide bonds. The second-order valence-corrected chi connectivity index (χ2v) is 10.1. The highest BCUT2D eigenvalue weighted by Gasteiger charge is 2.18. The van der Waals surface area contributed by atoms with Crippen molar-refractivity contribution in [3.63, 3.8) is 0 Å². The minimum Gasteiger partial charge on any atom is -0.455 e. The Bertz CT molecular complexity index is 3150. The molecule has 0 atom stereocenters. The Morgan fingerprint density at radius 1 is 0.568 bits per heavy atom. The molecule has 0 spiro atoms. The van der Waals surface area contributed by atoms with Crippen molar-refractivity contribution < 1.29 is 20.9 Å². The number of nitrogens with zero attached hydrogens (tertiary/aromatic N) is 3. The van der Waals surface area contributed by atoms with Gasteiger partial charge in [0.05, 0.1) is 38.9 Å². The Morgan fingerprint density at radius 3 is 2.23 bits per heavy atom. The van der Waals surface area contributed by atoms with Gasteiger partial charge in [-0.25, -0.2) is 9.97 Å². The van der Waals surface area contributed by atoms with Gasteiger partial charge in [-0.1, -0.05) is 109 Å². The second-order valence-electron chi connectivity index (χ2n) is 10.1. The molecular weight excluding hydrogens is 538 g/mol. The van der Waals surface area contributed by atoms with Crippen LogP contribution in [0.5, 0.6) is 0 Å². The van der Waals surface area contributed by atoms with Crippen molar-refractivity contribution >= 4 is 43.7 Å². The lowest BCUT2D eigenvalue weighted by molar-refractivity contribution is 0.670. The molecule has 4 heteroatoms. The van der Waals surface area contributed by atoms with Gasteiger partial charge in [0.15, 0.2) is 5.82 Å². The van der Waals surface area contributed by atoms with Gasteiger partial charge in [-0.15, -0.1) is 0 Å². The topological polar surface area (TPSA) is 43.9 Å². The molecule has 0 bridgehead atoms. The maximum Gasteiger partial charge on any atom is 0.160 e. The first-order chi connectivity index (χ1) is 26.8. The average Bonchev–Trinajstić information content (AvgIpc) is 3.77. The lowest BCUT2D eigenvalue weighted by Gasteiger charge is -2.11. The first-order valence-corrected chi connectivity index (χ1v) is 13.8. The third kappa shape index (κ3) is 3.85. The van der Waals surface area contributed by atoms with Crippen LogP contribution in [0.3, 0.4) is 0 Å². The van der Waals surface area contributed by atoms with E-state index in [1.165, 1.54) is 0 Å². The molecule has 3 aromatic heterocycles. The van der Waals surface area contributed by atoms with Crippen molar-refractivity contribution in [3.05, 3.63) is 151 Å². The highest BCUT2D eigenvalue weighted by molar-refractivity contribution is 6.11. The molecule has 9 rings (SSSR count). The van der Waals surface area contributed by atoms with E-state index in [1.54, 1.807) is 6.07 Å². The van der Waals surface area contributed by atoms with Crippen molar-refractivity contribution in [2.75, 3.05) is 0 Å². The number of aromatic nitrogens is 3. The highest BCUT2D eigenvalue weighted by Crippen LogP contribution is 2.38. The molecule has 0 saturated carbocycles. The predicted molar refractivity (Wildman–Crippen MR) is 180 cm³/mol. The Labute approximate surface area is 270 Å². The van der Waals surface area contributed by atoms with Crippen molar-refractivity contribution in [3.8, 4) is 39.6 Å². The average molecular weight is 576 g/mol. The molecular formula is C40H25N3O. The summed E-state index contributed by atoms with van der Waals surface area (Å²) < 4.78 is 113. The number of para-hydroxylation sites is 4. The van der Waals surface area contributed by atoms with Gasteiger partial charge in [-0.2, -0.15) is 0 Å². The standard InChI is InChI=1S/C40H25N3O/c1-3-12-26(13-4-1)34-25-35(33-19-11-18-32-31-17-8-10-21-38(31)44-39(32)33)42-40(41-34)27-22-23-30-29-16-7-9-20-36(29)43(37(30)24-27)28-14-5-2-6-15-28/h1-25H/i2D,5D,6D,7D,9D,14D,15D,16D,20D,22D,23D,24D. The van der Waals surface area contributed by atoms with Crippen LogP contribution in [0, 0.1) is 0 Å². The zero-order valence-corrected chi connectivity index (χ0v) is 22.8. The Kier molecular flexibility index (Phi) is 3.44. The molecule has 6 aromatic carbocycles. The van der Waals surface area contributed by atoms with Gasteiger partial charge < -0.3 is 8.98 Å². The van der Waals surface area contributed by atoms with E-state index in [-0.39, 0.29) is 33.2 Å². The summed E-state index contributed by atoms with van der Waals surface area (Å²) in [7, 11) is 0. The van der Waals surface area contributed by atoms with Crippen molar-refractivity contribution in [1.82, 2.24) is 14.5 Å². The van der Waals surface area contributed by atoms with Crippen LogP contribution in [-0.4, -0.2) is 14.5 Å². The van der Waals surface area contributed by atoms with Gasteiger partial charge in [0, 0.05) is 43.9 Å². The number of rotatable bonds is 4. The fourth-order valence-corrected chi connectivity index (χ4v) is 5.60. The summed E-state index contributed by atoms with van der Waals surface area (Å²) in [5.41, 5.74) is 1.90. The minimum atomic E-state index is -0.713. The molecule has 0 unspecified atom stereocenters. The van der Waals surface area contributed by atoms with E-state index in [0.29, 0.717) is 33.7 Å². The van der Waals surface area contributed by atoms with E-state index < -0.39 is 78.2 Å². The molecule has 0 radical (unpaired) electrons. The van der Waals surface area contributed by atoms with Gasteiger partial charge in [0.2, 0.25) is 0 Å². The summed E-state index contributed by atoms with van der Waals surface area (Å²) in [4.78, 5) is 9.71. The molecule has 9 aromatic rings. The van der Waals surface area contributed by atoms with E-state index in [9.17, 15) is 4.11 Å². The number of hydrogen-bond acceptors (Lipinski definition) is 3. The Morgan fingerprint density at radius 2 is 1.32 bits per heavy atom. The number of fused-ring (bicyclic) bond motifs is 6. The van der Waals surface area contributed by atoms with Gasteiger partial charge in [-0.3, -0.25) is 0 Å². The SMILES string of the molecule is [2H]c1c([2H])c([2H])c(-n2c3c([2H])c([2H])c([2H])c([2H])c3c3c([2H])c([2H])c(-c4nc(-c5ccccc5)cc(-c5cccc6c5oc5ccccc56)n4)c([2H])c32)c([2H])c1[2H]. The number of benzene rings is 6. The smallest absolute Gasteiger partial charge is 0.160 e. The molecule has 4 nitrogen and oxygen atoms in total. The van der Waals surface area contributed by atoms with Crippen LogP contribution in [0.15, 0.2) is 156 Å². The first kappa shape index (κ1) is 15.5. The van der Waals surface area contributed by atoms with Crippen LogP contribution in [0.2, 0.25) is 0 Å². The van der Waals surface area contributed by atoms with E-state index in [2.05, 4.69) is 0 Å².